The number of para-hydroxylation sites is 2. The normalized spacial score (nSPS) is 17.1. The topological polar surface area (TPSA) is 85.6 Å². The Morgan fingerprint density at radius 3 is 2.48 bits per heavy atom. The Morgan fingerprint density at radius 2 is 1.81 bits per heavy atom. The molecule has 1 aliphatic rings. The highest BCUT2D eigenvalue weighted by atomic mass is 35.5. The fourth-order valence-electron chi connectivity index (χ4n) is 2.50. The van der Waals surface area contributed by atoms with E-state index in [1.807, 2.05) is 0 Å². The molecule has 1 fully saturated rings. The molecule has 1 N–H and O–H groups in total. The zero-order valence-corrected chi connectivity index (χ0v) is 16.1. The lowest BCUT2D eigenvalue weighted by Gasteiger charge is -2.16. The van der Waals surface area contributed by atoms with Crippen molar-refractivity contribution < 1.29 is 9.59 Å². The predicted molar refractivity (Wildman–Crippen MR) is 107 cm³/mol. The lowest BCUT2D eigenvalue weighted by atomic mass is 10.3. The highest BCUT2D eigenvalue weighted by Gasteiger charge is 2.41. The number of rotatable bonds is 3. The molecule has 9 heteroatoms. The largest absolute Gasteiger partial charge is 0.274 e. The molecule has 1 atom stereocenters. The molecule has 2 aromatic rings. The lowest BCUT2D eigenvalue weighted by Crippen LogP contribution is -2.32. The molecule has 0 bridgehead atoms. The standard InChI is InChI=1S/C18H12Cl2N4O2S/c19-11-5-1-3-7-13(11)23-18(22-10-21)27-15-9-16(25)24(17(15)26)14-8-4-2-6-12(14)20/h1-8,15H,9H2,(H,22,23). The van der Waals surface area contributed by atoms with Gasteiger partial charge in [0, 0.05) is 6.42 Å². The van der Waals surface area contributed by atoms with E-state index in [-0.39, 0.29) is 17.5 Å². The molecule has 1 saturated heterocycles. The van der Waals surface area contributed by atoms with Gasteiger partial charge in [-0.3, -0.25) is 14.9 Å². The van der Waals surface area contributed by atoms with Crippen LogP contribution >= 0.6 is 35.0 Å². The van der Waals surface area contributed by atoms with Gasteiger partial charge in [0.05, 0.1) is 21.4 Å². The molecule has 1 aliphatic heterocycles. The first-order chi connectivity index (χ1) is 13.0. The minimum Gasteiger partial charge on any atom is -0.274 e. The molecular formula is C18H12Cl2N4O2S. The number of imide groups is 1. The SMILES string of the molecule is N#CNC(=Nc1ccccc1Cl)SC1CC(=O)N(c2ccccc2Cl)C1=O. The van der Waals surface area contributed by atoms with Gasteiger partial charge in [-0.1, -0.05) is 59.2 Å². The van der Waals surface area contributed by atoms with Crippen LogP contribution in [-0.2, 0) is 9.59 Å². The summed E-state index contributed by atoms with van der Waals surface area (Å²) < 4.78 is 0. The molecule has 2 aromatic carbocycles. The second-order valence-electron chi connectivity index (χ2n) is 5.43. The fraction of sp³-hybridized carbons (Fsp3) is 0.111. The van der Waals surface area contributed by atoms with Gasteiger partial charge in [-0.05, 0) is 24.3 Å². The molecule has 6 nitrogen and oxygen atoms in total. The Kier molecular flexibility index (Phi) is 6.01. The van der Waals surface area contributed by atoms with Crippen molar-refractivity contribution in [2.45, 2.75) is 11.7 Å². The van der Waals surface area contributed by atoms with Crippen LogP contribution in [0, 0.1) is 11.5 Å². The Morgan fingerprint density at radius 1 is 1.15 bits per heavy atom. The number of amidine groups is 1. The maximum absolute atomic E-state index is 12.8. The van der Waals surface area contributed by atoms with Crippen molar-refractivity contribution in [1.82, 2.24) is 5.32 Å². The van der Waals surface area contributed by atoms with Crippen molar-refractivity contribution >= 4 is 63.3 Å². The number of nitrogens with zero attached hydrogens (tertiary/aromatic N) is 3. The average molecular weight is 419 g/mol. The van der Waals surface area contributed by atoms with Crippen molar-refractivity contribution in [1.29, 1.82) is 5.26 Å². The van der Waals surface area contributed by atoms with Gasteiger partial charge in [0.15, 0.2) is 11.4 Å². The summed E-state index contributed by atoms with van der Waals surface area (Å²) in [6.45, 7) is 0. The summed E-state index contributed by atoms with van der Waals surface area (Å²) >= 11 is 13.2. The Hall–Kier alpha value is -2.53. The number of aliphatic imine (C=N–C) groups is 1. The number of hydrogen-bond donors (Lipinski definition) is 1. The smallest absolute Gasteiger partial charge is 0.247 e. The molecule has 0 aromatic heterocycles. The second-order valence-corrected chi connectivity index (χ2v) is 7.44. The maximum Gasteiger partial charge on any atom is 0.247 e. The molecule has 27 heavy (non-hydrogen) atoms. The molecular weight excluding hydrogens is 407 g/mol. The third-order valence-electron chi connectivity index (χ3n) is 3.69. The van der Waals surface area contributed by atoms with Crippen LogP contribution < -0.4 is 10.2 Å². The van der Waals surface area contributed by atoms with Gasteiger partial charge in [0.25, 0.3) is 0 Å². The zero-order chi connectivity index (χ0) is 19.4. The van der Waals surface area contributed by atoms with Gasteiger partial charge in [-0.15, -0.1) is 0 Å². The molecule has 136 valence electrons. The van der Waals surface area contributed by atoms with E-state index in [1.54, 1.807) is 54.7 Å². The molecule has 3 rings (SSSR count). The minimum atomic E-state index is -0.726. The van der Waals surface area contributed by atoms with Gasteiger partial charge >= 0.3 is 0 Å². The van der Waals surface area contributed by atoms with Crippen molar-refractivity contribution in [3.63, 3.8) is 0 Å². The summed E-state index contributed by atoms with van der Waals surface area (Å²) in [6.07, 6.45) is 1.76. The fourth-order valence-corrected chi connectivity index (χ4v) is 3.86. The van der Waals surface area contributed by atoms with Crippen LogP contribution in [-0.4, -0.2) is 22.2 Å². The number of hydrogen-bond acceptors (Lipinski definition) is 5. The zero-order valence-electron chi connectivity index (χ0n) is 13.7. The van der Waals surface area contributed by atoms with E-state index in [9.17, 15) is 9.59 Å². The Labute approximate surface area is 169 Å². The summed E-state index contributed by atoms with van der Waals surface area (Å²) in [6, 6.07) is 13.5. The summed E-state index contributed by atoms with van der Waals surface area (Å²) in [5.74, 6) is -0.774. The number of carbonyl (C=O) groups excluding carboxylic acids is 2. The van der Waals surface area contributed by atoms with Gasteiger partial charge in [0.2, 0.25) is 11.8 Å². The van der Waals surface area contributed by atoms with Crippen LogP contribution in [0.25, 0.3) is 0 Å². The van der Waals surface area contributed by atoms with Crippen LogP contribution in [0.4, 0.5) is 11.4 Å². The summed E-state index contributed by atoms with van der Waals surface area (Å²) in [5, 5.41) is 11.6. The number of nitriles is 1. The van der Waals surface area contributed by atoms with Crippen LogP contribution in [0.15, 0.2) is 53.5 Å². The predicted octanol–water partition coefficient (Wildman–Crippen LogP) is 4.12. The summed E-state index contributed by atoms with van der Waals surface area (Å²) in [5.41, 5.74) is 0.791. The van der Waals surface area contributed by atoms with Crippen LogP contribution in [0.2, 0.25) is 10.0 Å². The maximum atomic E-state index is 12.8. The Balaban J connectivity index is 1.85. The van der Waals surface area contributed by atoms with Gasteiger partial charge in [-0.2, -0.15) is 5.26 Å². The quantitative estimate of drug-likeness (QED) is 0.266. The molecule has 0 saturated carbocycles. The molecule has 0 radical (unpaired) electrons. The van der Waals surface area contributed by atoms with E-state index in [0.29, 0.717) is 21.4 Å². The molecule has 1 unspecified atom stereocenters. The van der Waals surface area contributed by atoms with Crippen molar-refractivity contribution in [3.8, 4) is 6.19 Å². The number of thioether (sulfide) groups is 1. The number of amides is 2. The highest BCUT2D eigenvalue weighted by molar-refractivity contribution is 8.15. The number of benzene rings is 2. The number of anilines is 1. The van der Waals surface area contributed by atoms with Crippen molar-refractivity contribution in [2.24, 2.45) is 4.99 Å². The number of halogens is 2. The number of carbonyl (C=O) groups is 2. The van der Waals surface area contributed by atoms with Gasteiger partial charge in [0.1, 0.15) is 5.25 Å². The minimum absolute atomic E-state index is 0.0244. The van der Waals surface area contributed by atoms with E-state index in [4.69, 9.17) is 28.5 Å². The van der Waals surface area contributed by atoms with Crippen LogP contribution in [0.1, 0.15) is 6.42 Å². The van der Waals surface area contributed by atoms with Gasteiger partial charge in [-0.25, -0.2) is 9.89 Å². The van der Waals surface area contributed by atoms with E-state index in [0.717, 1.165) is 16.7 Å². The second kappa shape index (κ2) is 8.44. The first kappa shape index (κ1) is 19.2. The number of nitrogens with one attached hydrogen (secondary N) is 1. The van der Waals surface area contributed by atoms with E-state index in [1.165, 1.54) is 0 Å². The van der Waals surface area contributed by atoms with Crippen molar-refractivity contribution in [3.05, 3.63) is 58.6 Å². The molecule has 1 heterocycles. The first-order valence-corrected chi connectivity index (χ1v) is 9.41. The van der Waals surface area contributed by atoms with Crippen LogP contribution in [0.5, 0.6) is 0 Å². The molecule has 2 amide bonds. The summed E-state index contributed by atoms with van der Waals surface area (Å²) in [7, 11) is 0. The average Bonchev–Trinajstić information content (AvgIpc) is 2.91. The Bertz CT molecular complexity index is 974. The van der Waals surface area contributed by atoms with Gasteiger partial charge < -0.3 is 0 Å². The van der Waals surface area contributed by atoms with Crippen LogP contribution in [0.3, 0.4) is 0 Å². The summed E-state index contributed by atoms with van der Waals surface area (Å²) in [4.78, 5) is 30.5. The lowest BCUT2D eigenvalue weighted by molar-refractivity contribution is -0.121. The van der Waals surface area contributed by atoms with E-state index < -0.39 is 11.2 Å². The van der Waals surface area contributed by atoms with Crippen molar-refractivity contribution in [2.75, 3.05) is 4.90 Å². The van der Waals surface area contributed by atoms with E-state index >= 15 is 0 Å². The highest BCUT2D eigenvalue weighted by Crippen LogP contribution is 2.34. The molecule has 0 aliphatic carbocycles. The third-order valence-corrected chi connectivity index (χ3v) is 5.40. The molecule has 0 spiro atoms. The monoisotopic (exact) mass is 418 g/mol. The van der Waals surface area contributed by atoms with E-state index in [2.05, 4.69) is 10.3 Å². The first-order valence-electron chi connectivity index (χ1n) is 7.77. The third kappa shape index (κ3) is 4.25.